The van der Waals surface area contributed by atoms with Crippen LogP contribution in [0.1, 0.15) is 30.6 Å². The molecule has 6 nitrogen and oxygen atoms in total. The van der Waals surface area contributed by atoms with Crippen molar-refractivity contribution < 1.29 is 24.0 Å². The van der Waals surface area contributed by atoms with Crippen molar-refractivity contribution in [3.05, 3.63) is 102 Å². The average Bonchev–Trinajstić information content (AvgIpc) is 2.92. The summed E-state index contributed by atoms with van der Waals surface area (Å²) in [4.78, 5) is 44.2. The number of benzene rings is 3. The van der Waals surface area contributed by atoms with Crippen LogP contribution in [0.4, 0.5) is 5.69 Å². The number of Topliss-reactive ketones (excluding diaryl/α,β-unsaturated/α-hetero) is 1. The number of nitrogens with zero attached hydrogens (tertiary/aromatic N) is 1. The Bertz CT molecular complexity index is 1110. The van der Waals surface area contributed by atoms with Gasteiger partial charge in [0.15, 0.2) is 17.0 Å². The SMILES string of the molecule is COC(=O)CN(OC(C(=O)[C@@H](CCc1ccccc1)CSC(C)=O)c1ccccc1)c1ccccc1. The Morgan fingerprint density at radius 2 is 1.44 bits per heavy atom. The van der Waals surface area contributed by atoms with Crippen LogP contribution >= 0.6 is 11.8 Å². The molecular formula is C29H31NO5S. The highest BCUT2D eigenvalue weighted by atomic mass is 32.2. The summed E-state index contributed by atoms with van der Waals surface area (Å²) in [5.74, 6) is -0.710. The number of hydroxylamine groups is 1. The molecule has 0 bridgehead atoms. The van der Waals surface area contributed by atoms with E-state index in [2.05, 4.69) is 0 Å². The lowest BCUT2D eigenvalue weighted by molar-refractivity contribution is -0.144. The lowest BCUT2D eigenvalue weighted by atomic mass is 9.91. The summed E-state index contributed by atoms with van der Waals surface area (Å²) in [6.07, 6.45) is 0.296. The first-order chi connectivity index (χ1) is 17.5. The third kappa shape index (κ3) is 8.36. The average molecular weight is 506 g/mol. The second kappa shape index (κ2) is 14.2. The second-order valence-electron chi connectivity index (χ2n) is 8.27. The number of rotatable bonds is 13. The number of thioether (sulfide) groups is 1. The number of carbonyl (C=O) groups excluding carboxylic acids is 3. The van der Waals surface area contributed by atoms with Crippen LogP contribution in [0, 0.1) is 5.92 Å². The molecule has 0 spiro atoms. The van der Waals surface area contributed by atoms with Gasteiger partial charge in [0.1, 0.15) is 6.54 Å². The summed E-state index contributed by atoms with van der Waals surface area (Å²) < 4.78 is 4.86. The summed E-state index contributed by atoms with van der Waals surface area (Å²) in [5.41, 5.74) is 2.42. The van der Waals surface area contributed by atoms with Crippen molar-refractivity contribution in [2.75, 3.05) is 24.5 Å². The van der Waals surface area contributed by atoms with Crippen molar-refractivity contribution in [1.82, 2.24) is 0 Å². The van der Waals surface area contributed by atoms with Gasteiger partial charge in [-0.1, -0.05) is 90.6 Å². The van der Waals surface area contributed by atoms with E-state index in [0.29, 0.717) is 29.8 Å². The molecule has 3 aromatic carbocycles. The molecular weight excluding hydrogens is 474 g/mol. The lowest BCUT2D eigenvalue weighted by Gasteiger charge is -2.30. The number of methoxy groups -OCH3 is 1. The molecule has 0 amide bonds. The van der Waals surface area contributed by atoms with E-state index in [1.807, 2.05) is 78.9 Å². The quantitative estimate of drug-likeness (QED) is 0.226. The fourth-order valence-electron chi connectivity index (χ4n) is 3.72. The summed E-state index contributed by atoms with van der Waals surface area (Å²) in [7, 11) is 1.31. The molecule has 0 fully saturated rings. The number of ether oxygens (including phenoxy) is 1. The van der Waals surface area contributed by atoms with Crippen molar-refractivity contribution >= 4 is 34.3 Å². The van der Waals surface area contributed by atoms with Crippen molar-refractivity contribution in [3.63, 3.8) is 0 Å². The van der Waals surface area contributed by atoms with Crippen molar-refractivity contribution in [3.8, 4) is 0 Å². The van der Waals surface area contributed by atoms with Gasteiger partial charge in [0.05, 0.1) is 12.8 Å². The van der Waals surface area contributed by atoms with Gasteiger partial charge in [-0.25, -0.2) is 5.06 Å². The summed E-state index contributed by atoms with van der Waals surface area (Å²) >= 11 is 1.14. The van der Waals surface area contributed by atoms with Gasteiger partial charge in [0, 0.05) is 18.6 Å². The number of ketones is 1. The maximum Gasteiger partial charge on any atom is 0.327 e. The highest BCUT2D eigenvalue weighted by molar-refractivity contribution is 8.13. The van der Waals surface area contributed by atoms with E-state index >= 15 is 0 Å². The fourth-order valence-corrected chi connectivity index (χ4v) is 4.49. The van der Waals surface area contributed by atoms with Crippen molar-refractivity contribution in [2.45, 2.75) is 25.9 Å². The Balaban J connectivity index is 1.91. The maximum absolute atomic E-state index is 14.0. The fraction of sp³-hybridized carbons (Fsp3) is 0.276. The van der Waals surface area contributed by atoms with Crippen LogP contribution in [0.25, 0.3) is 0 Å². The third-order valence-electron chi connectivity index (χ3n) is 5.65. The van der Waals surface area contributed by atoms with Crippen molar-refractivity contribution in [2.24, 2.45) is 5.92 Å². The standard InChI is InChI=1S/C29H31NO5S/c1-22(31)36-21-25(19-18-23-12-6-3-7-13-23)28(33)29(24-14-8-4-9-15-24)35-30(20-27(32)34-2)26-16-10-5-11-17-26/h3-17,25,29H,18-21H2,1-2H3/t25-,29?/m0/s1. The van der Waals surface area contributed by atoms with Gasteiger partial charge in [-0.2, -0.15) is 0 Å². The van der Waals surface area contributed by atoms with Crippen molar-refractivity contribution in [1.29, 1.82) is 0 Å². The molecule has 0 saturated carbocycles. The Hall–Kier alpha value is -3.42. The zero-order chi connectivity index (χ0) is 25.8. The molecule has 3 aromatic rings. The molecule has 2 atom stereocenters. The van der Waals surface area contributed by atoms with E-state index in [1.165, 1.54) is 19.1 Å². The highest BCUT2D eigenvalue weighted by Crippen LogP contribution is 2.30. The predicted molar refractivity (Wildman–Crippen MR) is 142 cm³/mol. The van der Waals surface area contributed by atoms with Crippen LogP contribution in [0.5, 0.6) is 0 Å². The van der Waals surface area contributed by atoms with Gasteiger partial charge >= 0.3 is 5.97 Å². The number of para-hydroxylation sites is 1. The van der Waals surface area contributed by atoms with Gasteiger partial charge in [-0.3, -0.25) is 19.2 Å². The van der Waals surface area contributed by atoms with E-state index in [-0.39, 0.29) is 17.4 Å². The van der Waals surface area contributed by atoms with E-state index in [9.17, 15) is 14.4 Å². The summed E-state index contributed by atoms with van der Waals surface area (Å²) in [6, 6.07) is 28.3. The minimum Gasteiger partial charge on any atom is -0.468 e. The van der Waals surface area contributed by atoms with E-state index in [1.54, 1.807) is 12.1 Å². The number of esters is 1. The topological polar surface area (TPSA) is 72.9 Å². The first kappa shape index (κ1) is 27.2. The number of aryl methyl sites for hydroxylation is 1. The van der Waals surface area contributed by atoms with Gasteiger partial charge < -0.3 is 4.74 Å². The van der Waals surface area contributed by atoms with E-state index in [0.717, 1.165) is 17.3 Å². The monoisotopic (exact) mass is 505 g/mol. The molecule has 36 heavy (non-hydrogen) atoms. The first-order valence-electron chi connectivity index (χ1n) is 11.8. The smallest absolute Gasteiger partial charge is 0.327 e. The maximum atomic E-state index is 14.0. The molecule has 1 unspecified atom stereocenters. The van der Waals surface area contributed by atoms with Crippen LogP contribution in [0.2, 0.25) is 0 Å². The molecule has 0 aliphatic rings. The Kier molecular flexibility index (Phi) is 10.7. The number of carbonyl (C=O) groups is 3. The molecule has 0 saturated heterocycles. The number of hydrogen-bond acceptors (Lipinski definition) is 7. The molecule has 0 aliphatic heterocycles. The van der Waals surface area contributed by atoms with Gasteiger partial charge in [-0.15, -0.1) is 0 Å². The highest BCUT2D eigenvalue weighted by Gasteiger charge is 2.32. The second-order valence-corrected chi connectivity index (χ2v) is 9.47. The molecule has 3 rings (SSSR count). The van der Waals surface area contributed by atoms with Gasteiger partial charge in [0.25, 0.3) is 0 Å². The first-order valence-corrected chi connectivity index (χ1v) is 12.8. The minimum atomic E-state index is -0.968. The molecule has 0 aromatic heterocycles. The van der Waals surface area contributed by atoms with Crippen LogP contribution in [0.3, 0.4) is 0 Å². The molecule has 0 N–H and O–H groups in total. The zero-order valence-corrected chi connectivity index (χ0v) is 21.4. The predicted octanol–water partition coefficient (Wildman–Crippen LogP) is 5.44. The third-order valence-corrected chi connectivity index (χ3v) is 6.63. The summed E-state index contributed by atoms with van der Waals surface area (Å²) in [5, 5.41) is 1.36. The largest absolute Gasteiger partial charge is 0.468 e. The van der Waals surface area contributed by atoms with E-state index in [4.69, 9.17) is 9.57 Å². The van der Waals surface area contributed by atoms with E-state index < -0.39 is 18.0 Å². The van der Waals surface area contributed by atoms with Crippen LogP contribution in [0.15, 0.2) is 91.0 Å². The summed E-state index contributed by atoms with van der Waals surface area (Å²) in [6.45, 7) is 1.32. The molecule has 0 radical (unpaired) electrons. The minimum absolute atomic E-state index is 0.0405. The Morgan fingerprint density at radius 1 is 0.861 bits per heavy atom. The Morgan fingerprint density at radius 3 is 2.03 bits per heavy atom. The molecule has 0 heterocycles. The van der Waals surface area contributed by atoms with Crippen LogP contribution < -0.4 is 5.06 Å². The molecule has 188 valence electrons. The van der Waals surface area contributed by atoms with Crippen LogP contribution in [-0.2, 0) is 30.4 Å². The Labute approximate surface area is 216 Å². The van der Waals surface area contributed by atoms with Gasteiger partial charge in [0.2, 0.25) is 0 Å². The lowest BCUT2D eigenvalue weighted by Crippen LogP contribution is -2.36. The molecule has 0 aliphatic carbocycles. The van der Waals surface area contributed by atoms with Crippen LogP contribution in [-0.4, -0.2) is 36.3 Å². The zero-order valence-electron chi connectivity index (χ0n) is 20.5. The normalized spacial score (nSPS) is 12.4. The number of hydrogen-bond donors (Lipinski definition) is 0. The number of anilines is 1. The van der Waals surface area contributed by atoms with Gasteiger partial charge in [-0.05, 0) is 36.1 Å². The molecule has 7 heteroatoms.